The molecule has 54 valence electrons. The van der Waals surface area contributed by atoms with E-state index in [0.29, 0.717) is 0 Å². The lowest BCUT2D eigenvalue weighted by molar-refractivity contribution is -0.132. The molecule has 0 saturated carbocycles. The lowest BCUT2D eigenvalue weighted by atomic mass is 10.5. The zero-order valence-corrected chi connectivity index (χ0v) is 6.13. The molecule has 0 aliphatic rings. The number of esters is 1. The highest BCUT2D eigenvalue weighted by Gasteiger charge is 1.87. The minimum atomic E-state index is -0.378. The average Bonchev–Trinajstić information content (AvgIpc) is 1.89. The zero-order valence-electron chi connectivity index (χ0n) is 6.13. The van der Waals surface area contributed by atoms with Crippen LogP contribution in [0.5, 0.6) is 0 Å². The highest BCUT2D eigenvalue weighted by molar-refractivity contribution is 5.82. The minimum absolute atomic E-state index is 0.378. The molecule has 0 aromatic rings. The van der Waals surface area contributed by atoms with Crippen molar-refractivity contribution in [2.75, 3.05) is 0 Å². The number of allylic oxidation sites excluding steroid dienone is 2. The number of hydrogen-bond acceptors (Lipinski definition) is 2. The largest absolute Gasteiger partial charge is 0.423 e. The molecule has 0 unspecified atom stereocenters. The standard InChI is InChI=1S/C8H10O2/c1-3-5-7-10-8(9)6-4-2/h3-4,6-7H,1-2H3. The van der Waals surface area contributed by atoms with E-state index >= 15 is 0 Å². The van der Waals surface area contributed by atoms with Crippen LogP contribution in [0.4, 0.5) is 0 Å². The molecule has 0 aromatic heterocycles. The second-order valence-electron chi connectivity index (χ2n) is 1.51. The fraction of sp³-hybridized carbons (Fsp3) is 0.250. The molecule has 0 atom stereocenters. The van der Waals surface area contributed by atoms with Crippen molar-refractivity contribution in [3.8, 4) is 0 Å². The quantitative estimate of drug-likeness (QED) is 0.252. The molecule has 0 radical (unpaired) electrons. The maximum absolute atomic E-state index is 10.5. The Labute approximate surface area is 60.5 Å². The monoisotopic (exact) mass is 138 g/mol. The summed E-state index contributed by atoms with van der Waals surface area (Å²) in [6, 6.07) is 0. The van der Waals surface area contributed by atoms with Crippen molar-refractivity contribution in [1.29, 1.82) is 0 Å². The molecule has 2 heteroatoms. The van der Waals surface area contributed by atoms with Gasteiger partial charge in [0.25, 0.3) is 0 Å². The molecule has 0 saturated heterocycles. The van der Waals surface area contributed by atoms with Crippen LogP contribution in [-0.2, 0) is 9.53 Å². The van der Waals surface area contributed by atoms with Gasteiger partial charge in [-0.25, -0.2) is 4.79 Å². The van der Waals surface area contributed by atoms with E-state index in [-0.39, 0.29) is 5.97 Å². The fourth-order valence-corrected chi connectivity index (χ4v) is 0.336. The second-order valence-corrected chi connectivity index (χ2v) is 1.51. The highest BCUT2D eigenvalue weighted by atomic mass is 16.5. The lowest BCUT2D eigenvalue weighted by Gasteiger charge is -1.86. The van der Waals surface area contributed by atoms with Crippen LogP contribution in [0.1, 0.15) is 13.8 Å². The maximum atomic E-state index is 10.5. The van der Waals surface area contributed by atoms with Crippen LogP contribution in [0.3, 0.4) is 0 Å². The van der Waals surface area contributed by atoms with Crippen molar-refractivity contribution in [2.45, 2.75) is 13.8 Å². The third-order valence-corrected chi connectivity index (χ3v) is 0.713. The summed E-state index contributed by atoms with van der Waals surface area (Å²) in [5, 5.41) is 0. The summed E-state index contributed by atoms with van der Waals surface area (Å²) in [7, 11) is 0. The van der Waals surface area contributed by atoms with Gasteiger partial charge in [-0.3, -0.25) is 0 Å². The molecule has 0 aliphatic heterocycles. The van der Waals surface area contributed by atoms with E-state index in [1.54, 1.807) is 26.0 Å². The number of hydrogen-bond donors (Lipinski definition) is 0. The average molecular weight is 138 g/mol. The number of rotatable bonds is 2. The molecular weight excluding hydrogens is 128 g/mol. The summed E-state index contributed by atoms with van der Waals surface area (Å²) in [5.41, 5.74) is 2.61. The molecule has 0 rings (SSSR count). The highest BCUT2D eigenvalue weighted by Crippen LogP contribution is 1.80. The molecule has 0 fully saturated rings. The molecule has 10 heavy (non-hydrogen) atoms. The molecule has 0 aliphatic carbocycles. The van der Waals surface area contributed by atoms with Gasteiger partial charge in [0.15, 0.2) is 0 Å². The van der Waals surface area contributed by atoms with E-state index in [1.165, 1.54) is 12.3 Å². The van der Waals surface area contributed by atoms with E-state index in [4.69, 9.17) is 0 Å². The molecular formula is C8H10O2. The van der Waals surface area contributed by atoms with Gasteiger partial charge in [-0.1, -0.05) is 11.8 Å². The van der Waals surface area contributed by atoms with Crippen molar-refractivity contribution in [3.63, 3.8) is 0 Å². The van der Waals surface area contributed by atoms with Crippen LogP contribution in [-0.4, -0.2) is 5.97 Å². The van der Waals surface area contributed by atoms with Crippen LogP contribution < -0.4 is 0 Å². The van der Waals surface area contributed by atoms with E-state index in [2.05, 4.69) is 10.5 Å². The van der Waals surface area contributed by atoms with Crippen LogP contribution in [0.2, 0.25) is 0 Å². The summed E-state index contributed by atoms with van der Waals surface area (Å²) in [6.45, 7) is 3.54. The van der Waals surface area contributed by atoms with E-state index in [1.807, 2.05) is 0 Å². The van der Waals surface area contributed by atoms with E-state index in [9.17, 15) is 4.79 Å². The van der Waals surface area contributed by atoms with Gasteiger partial charge >= 0.3 is 5.97 Å². The summed E-state index contributed by atoms with van der Waals surface area (Å²) in [5.74, 6) is -0.378. The van der Waals surface area contributed by atoms with Gasteiger partial charge in [0, 0.05) is 6.08 Å². The van der Waals surface area contributed by atoms with Gasteiger partial charge in [-0.15, -0.1) is 0 Å². The normalized spacial score (nSPS) is 8.60. The van der Waals surface area contributed by atoms with Gasteiger partial charge in [0.05, 0.1) is 0 Å². The third-order valence-electron chi connectivity index (χ3n) is 0.713. The van der Waals surface area contributed by atoms with Crippen LogP contribution in [0, 0.1) is 0 Å². The third kappa shape index (κ3) is 4.88. The first kappa shape index (κ1) is 8.73. The summed E-state index contributed by atoms with van der Waals surface area (Å²) >= 11 is 0. The fourth-order valence-electron chi connectivity index (χ4n) is 0.336. The Morgan fingerprint density at radius 2 is 2.20 bits per heavy atom. The first-order valence-electron chi connectivity index (χ1n) is 3.00. The molecule has 0 bridgehead atoms. The van der Waals surface area contributed by atoms with Crippen LogP contribution in [0.25, 0.3) is 0 Å². The van der Waals surface area contributed by atoms with Gasteiger partial charge in [0.2, 0.25) is 0 Å². The van der Waals surface area contributed by atoms with Crippen molar-refractivity contribution in [3.05, 3.63) is 30.2 Å². The Morgan fingerprint density at radius 3 is 2.70 bits per heavy atom. The predicted molar refractivity (Wildman–Crippen MR) is 39.2 cm³/mol. The lowest BCUT2D eigenvalue weighted by Crippen LogP contribution is -1.91. The Hall–Kier alpha value is -1.27. The first-order chi connectivity index (χ1) is 4.81. The molecule has 2 nitrogen and oxygen atoms in total. The molecule has 0 aromatic carbocycles. The molecule has 0 amide bonds. The van der Waals surface area contributed by atoms with Gasteiger partial charge < -0.3 is 4.74 Å². The van der Waals surface area contributed by atoms with Crippen molar-refractivity contribution in [1.82, 2.24) is 0 Å². The first-order valence-corrected chi connectivity index (χ1v) is 3.00. The zero-order chi connectivity index (χ0) is 7.82. The smallest absolute Gasteiger partial charge is 0.335 e. The van der Waals surface area contributed by atoms with Gasteiger partial charge in [0.1, 0.15) is 6.26 Å². The molecule has 0 heterocycles. The Balaban J connectivity index is 3.70. The summed E-state index contributed by atoms with van der Waals surface area (Å²) in [4.78, 5) is 10.5. The number of carbonyl (C=O) groups excluding carboxylic acids is 1. The summed E-state index contributed by atoms with van der Waals surface area (Å²) in [6.07, 6.45) is 5.84. The van der Waals surface area contributed by atoms with Gasteiger partial charge in [-0.2, -0.15) is 0 Å². The SMILES string of the molecule is CC=C=COC(=O)C=CC. The van der Waals surface area contributed by atoms with Crippen molar-refractivity contribution >= 4 is 5.97 Å². The summed E-state index contributed by atoms with van der Waals surface area (Å²) < 4.78 is 4.53. The minimum Gasteiger partial charge on any atom is -0.423 e. The number of ether oxygens (including phenoxy) is 1. The van der Waals surface area contributed by atoms with Gasteiger partial charge in [-0.05, 0) is 19.9 Å². The molecule has 0 N–H and O–H groups in total. The topological polar surface area (TPSA) is 26.3 Å². The number of carbonyl (C=O) groups is 1. The van der Waals surface area contributed by atoms with E-state index in [0.717, 1.165) is 0 Å². The predicted octanol–water partition coefficient (Wildman–Crippen LogP) is 1.79. The second kappa shape index (κ2) is 5.86. The van der Waals surface area contributed by atoms with Crippen molar-refractivity contribution < 1.29 is 9.53 Å². The van der Waals surface area contributed by atoms with E-state index < -0.39 is 0 Å². The molecule has 0 spiro atoms. The van der Waals surface area contributed by atoms with Crippen LogP contribution >= 0.6 is 0 Å². The van der Waals surface area contributed by atoms with Crippen LogP contribution in [0.15, 0.2) is 30.2 Å². The Kier molecular flexibility index (Phi) is 5.12. The van der Waals surface area contributed by atoms with Crippen molar-refractivity contribution in [2.24, 2.45) is 0 Å². The Morgan fingerprint density at radius 1 is 1.50 bits per heavy atom. The maximum Gasteiger partial charge on any atom is 0.335 e. The Bertz CT molecular complexity index is 183.